The number of ether oxygens (including phenoxy) is 1. The second kappa shape index (κ2) is 8.25. The molecule has 0 amide bonds. The van der Waals surface area contributed by atoms with Gasteiger partial charge >= 0.3 is 0 Å². The molecule has 1 aromatic heterocycles. The number of nitrogens with zero attached hydrogens (tertiary/aromatic N) is 2. The third-order valence-corrected chi connectivity index (χ3v) is 2.77. The number of aromatic nitrogens is 2. The third kappa shape index (κ3) is 4.88. The fourth-order valence-electron chi connectivity index (χ4n) is 1.76. The molecule has 0 aliphatic heterocycles. The molecule has 0 atom stereocenters. The highest BCUT2D eigenvalue weighted by atomic mass is 16.5. The number of hydrogen-bond acceptors (Lipinski definition) is 3. The average Bonchev–Trinajstić information content (AvgIpc) is 2.76. The SMILES string of the molecule is CCOCCNCCn1nc(CC)cc1CC. The molecule has 4 heteroatoms. The molecular formula is C13H25N3O. The van der Waals surface area contributed by atoms with Crippen LogP contribution < -0.4 is 5.32 Å². The Bertz CT molecular complexity index is 310. The Hall–Kier alpha value is -0.870. The Labute approximate surface area is 104 Å². The van der Waals surface area contributed by atoms with E-state index < -0.39 is 0 Å². The standard InChI is InChI=1S/C13H25N3O/c1-4-12-11-13(5-2)16(15-12)9-7-14-8-10-17-6-3/h11,14H,4-10H2,1-3H3. The first-order valence-electron chi connectivity index (χ1n) is 6.65. The molecule has 1 aromatic rings. The van der Waals surface area contributed by atoms with Gasteiger partial charge in [-0.3, -0.25) is 4.68 Å². The molecule has 0 saturated carbocycles. The number of hydrogen-bond donors (Lipinski definition) is 1. The lowest BCUT2D eigenvalue weighted by atomic mass is 10.3. The second-order valence-corrected chi connectivity index (χ2v) is 4.00. The van der Waals surface area contributed by atoms with Gasteiger partial charge in [-0.15, -0.1) is 0 Å². The van der Waals surface area contributed by atoms with Gasteiger partial charge in [-0.1, -0.05) is 13.8 Å². The van der Waals surface area contributed by atoms with Crippen molar-refractivity contribution in [2.24, 2.45) is 0 Å². The lowest BCUT2D eigenvalue weighted by molar-refractivity contribution is 0.149. The van der Waals surface area contributed by atoms with Gasteiger partial charge < -0.3 is 10.1 Å². The molecule has 0 fully saturated rings. The maximum atomic E-state index is 5.27. The highest BCUT2D eigenvalue weighted by Gasteiger charge is 2.04. The van der Waals surface area contributed by atoms with Gasteiger partial charge in [-0.05, 0) is 25.8 Å². The minimum Gasteiger partial charge on any atom is -0.380 e. The molecule has 17 heavy (non-hydrogen) atoms. The van der Waals surface area contributed by atoms with Crippen molar-refractivity contribution in [3.63, 3.8) is 0 Å². The van der Waals surface area contributed by atoms with Crippen LogP contribution in [-0.4, -0.2) is 36.1 Å². The van der Waals surface area contributed by atoms with E-state index >= 15 is 0 Å². The monoisotopic (exact) mass is 239 g/mol. The fourth-order valence-corrected chi connectivity index (χ4v) is 1.76. The largest absolute Gasteiger partial charge is 0.380 e. The molecule has 0 spiro atoms. The summed E-state index contributed by atoms with van der Waals surface area (Å²) in [6.45, 7) is 10.7. The van der Waals surface area contributed by atoms with Crippen molar-refractivity contribution in [2.75, 3.05) is 26.3 Å². The summed E-state index contributed by atoms with van der Waals surface area (Å²) >= 11 is 0. The lowest BCUT2D eigenvalue weighted by Gasteiger charge is -2.07. The van der Waals surface area contributed by atoms with Crippen molar-refractivity contribution < 1.29 is 4.74 Å². The van der Waals surface area contributed by atoms with E-state index in [4.69, 9.17) is 4.74 Å². The Morgan fingerprint density at radius 2 is 2.06 bits per heavy atom. The molecule has 0 aliphatic carbocycles. The number of nitrogens with one attached hydrogen (secondary N) is 1. The van der Waals surface area contributed by atoms with E-state index in [1.54, 1.807) is 0 Å². The average molecular weight is 239 g/mol. The molecule has 4 nitrogen and oxygen atoms in total. The minimum absolute atomic E-state index is 0.788. The van der Waals surface area contributed by atoms with E-state index in [1.165, 1.54) is 11.4 Å². The molecule has 0 unspecified atom stereocenters. The van der Waals surface area contributed by atoms with Crippen LogP contribution in [0.3, 0.4) is 0 Å². The van der Waals surface area contributed by atoms with Crippen LogP contribution in [0, 0.1) is 0 Å². The highest BCUT2D eigenvalue weighted by Crippen LogP contribution is 2.05. The molecule has 1 N–H and O–H groups in total. The maximum absolute atomic E-state index is 5.27. The van der Waals surface area contributed by atoms with Gasteiger partial charge in [0.25, 0.3) is 0 Å². The van der Waals surface area contributed by atoms with E-state index in [9.17, 15) is 0 Å². The van der Waals surface area contributed by atoms with Gasteiger partial charge in [-0.2, -0.15) is 5.10 Å². The van der Waals surface area contributed by atoms with Gasteiger partial charge in [-0.25, -0.2) is 0 Å². The van der Waals surface area contributed by atoms with E-state index in [0.29, 0.717) is 0 Å². The maximum Gasteiger partial charge on any atom is 0.0624 e. The van der Waals surface area contributed by atoms with Crippen molar-refractivity contribution >= 4 is 0 Å². The van der Waals surface area contributed by atoms with Crippen LogP contribution >= 0.6 is 0 Å². The predicted molar refractivity (Wildman–Crippen MR) is 70.3 cm³/mol. The van der Waals surface area contributed by atoms with Gasteiger partial charge in [0.1, 0.15) is 0 Å². The normalized spacial score (nSPS) is 11.0. The summed E-state index contributed by atoms with van der Waals surface area (Å²) in [6, 6.07) is 2.21. The number of aryl methyl sites for hydroxylation is 2. The second-order valence-electron chi connectivity index (χ2n) is 4.00. The smallest absolute Gasteiger partial charge is 0.0624 e. The zero-order valence-electron chi connectivity index (χ0n) is 11.3. The van der Waals surface area contributed by atoms with Crippen molar-refractivity contribution in [1.82, 2.24) is 15.1 Å². The molecule has 0 aromatic carbocycles. The van der Waals surface area contributed by atoms with E-state index in [2.05, 4.69) is 35.0 Å². The quantitative estimate of drug-likeness (QED) is 0.666. The first-order valence-corrected chi connectivity index (χ1v) is 6.65. The first-order chi connectivity index (χ1) is 8.31. The summed E-state index contributed by atoms with van der Waals surface area (Å²) in [5.74, 6) is 0. The van der Waals surface area contributed by atoms with Crippen LogP contribution in [0.25, 0.3) is 0 Å². The van der Waals surface area contributed by atoms with E-state index in [0.717, 1.165) is 45.7 Å². The zero-order chi connectivity index (χ0) is 12.5. The number of rotatable bonds is 9. The summed E-state index contributed by atoms with van der Waals surface area (Å²) in [6.07, 6.45) is 2.06. The summed E-state index contributed by atoms with van der Waals surface area (Å²) in [5, 5.41) is 7.94. The van der Waals surface area contributed by atoms with Gasteiger partial charge in [0, 0.05) is 25.4 Å². The highest BCUT2D eigenvalue weighted by molar-refractivity contribution is 5.10. The summed E-state index contributed by atoms with van der Waals surface area (Å²) in [5.41, 5.74) is 2.52. The van der Waals surface area contributed by atoms with Crippen LogP contribution in [-0.2, 0) is 24.1 Å². The van der Waals surface area contributed by atoms with Crippen LogP contribution in [0.5, 0.6) is 0 Å². The van der Waals surface area contributed by atoms with Crippen molar-refractivity contribution in [2.45, 2.75) is 40.2 Å². The Morgan fingerprint density at radius 1 is 1.24 bits per heavy atom. The third-order valence-electron chi connectivity index (χ3n) is 2.77. The van der Waals surface area contributed by atoms with Crippen molar-refractivity contribution in [1.29, 1.82) is 0 Å². The summed E-state index contributed by atoms with van der Waals surface area (Å²) < 4.78 is 7.38. The van der Waals surface area contributed by atoms with Crippen LogP contribution in [0.4, 0.5) is 0 Å². The Morgan fingerprint density at radius 3 is 2.71 bits per heavy atom. The van der Waals surface area contributed by atoms with Crippen molar-refractivity contribution in [3.05, 3.63) is 17.5 Å². The molecule has 1 heterocycles. The van der Waals surface area contributed by atoms with Gasteiger partial charge in [0.05, 0.1) is 18.8 Å². The first kappa shape index (κ1) is 14.2. The van der Waals surface area contributed by atoms with Crippen LogP contribution in [0.1, 0.15) is 32.2 Å². The van der Waals surface area contributed by atoms with E-state index in [1.807, 2.05) is 6.92 Å². The van der Waals surface area contributed by atoms with Gasteiger partial charge in [0.2, 0.25) is 0 Å². The molecule has 0 saturated heterocycles. The molecule has 0 aliphatic rings. The molecule has 98 valence electrons. The topological polar surface area (TPSA) is 39.1 Å². The molecular weight excluding hydrogens is 214 g/mol. The summed E-state index contributed by atoms with van der Waals surface area (Å²) in [7, 11) is 0. The Balaban J connectivity index is 2.28. The summed E-state index contributed by atoms with van der Waals surface area (Å²) in [4.78, 5) is 0. The zero-order valence-corrected chi connectivity index (χ0v) is 11.3. The van der Waals surface area contributed by atoms with Crippen LogP contribution in [0.2, 0.25) is 0 Å². The molecule has 0 bridgehead atoms. The lowest BCUT2D eigenvalue weighted by Crippen LogP contribution is -2.25. The predicted octanol–water partition coefficient (Wildman–Crippen LogP) is 1.63. The molecule has 0 radical (unpaired) electrons. The van der Waals surface area contributed by atoms with Crippen molar-refractivity contribution in [3.8, 4) is 0 Å². The minimum atomic E-state index is 0.788. The van der Waals surface area contributed by atoms with Gasteiger partial charge in [0.15, 0.2) is 0 Å². The fraction of sp³-hybridized carbons (Fsp3) is 0.769. The van der Waals surface area contributed by atoms with E-state index in [-0.39, 0.29) is 0 Å². The van der Waals surface area contributed by atoms with Crippen LogP contribution in [0.15, 0.2) is 6.07 Å². The molecule has 1 rings (SSSR count). The Kier molecular flexibility index (Phi) is 6.89.